The third-order valence-corrected chi connectivity index (χ3v) is 5.36. The van der Waals surface area contributed by atoms with E-state index in [2.05, 4.69) is 10.6 Å². The van der Waals surface area contributed by atoms with E-state index in [0.29, 0.717) is 5.69 Å². The van der Waals surface area contributed by atoms with Crippen molar-refractivity contribution in [3.05, 3.63) is 29.3 Å². The minimum absolute atomic E-state index is 0.0321. The summed E-state index contributed by atoms with van der Waals surface area (Å²) in [6.45, 7) is 0. The molecule has 4 rings (SSSR count). The smallest absolute Gasteiger partial charge is 0.262 e. The van der Waals surface area contributed by atoms with E-state index in [9.17, 15) is 28.0 Å². The van der Waals surface area contributed by atoms with Crippen LogP contribution in [0.4, 0.5) is 14.5 Å². The van der Waals surface area contributed by atoms with Gasteiger partial charge in [0.05, 0.1) is 11.1 Å². The Hall–Kier alpha value is -2.88. The number of anilines is 1. The highest BCUT2D eigenvalue weighted by Gasteiger charge is 2.46. The van der Waals surface area contributed by atoms with Crippen molar-refractivity contribution in [2.24, 2.45) is 5.73 Å². The maximum Gasteiger partial charge on any atom is 0.262 e. The molecule has 1 saturated carbocycles. The lowest BCUT2D eigenvalue weighted by Gasteiger charge is -2.27. The zero-order chi connectivity index (χ0) is 20.2. The number of fused-ring (bicyclic) bond motifs is 1. The van der Waals surface area contributed by atoms with Crippen LogP contribution in [0.2, 0.25) is 0 Å². The first-order valence-corrected chi connectivity index (χ1v) is 8.92. The Bertz CT molecular complexity index is 904. The summed E-state index contributed by atoms with van der Waals surface area (Å²) >= 11 is 0. The molecule has 2 heterocycles. The van der Waals surface area contributed by atoms with Gasteiger partial charge in [-0.25, -0.2) is 8.78 Å². The van der Waals surface area contributed by atoms with Crippen LogP contribution < -0.4 is 16.4 Å². The number of hydrogen-bond donors (Lipinski definition) is 3. The second kappa shape index (κ2) is 6.33. The molecule has 0 spiro atoms. The second-order valence-electron chi connectivity index (χ2n) is 7.39. The van der Waals surface area contributed by atoms with E-state index < -0.39 is 60.5 Å². The molecule has 148 valence electrons. The predicted molar refractivity (Wildman–Crippen MR) is 92.7 cm³/mol. The summed E-state index contributed by atoms with van der Waals surface area (Å²) in [6, 6.07) is 1.89. The number of nitrogens with one attached hydrogen (secondary N) is 2. The van der Waals surface area contributed by atoms with Crippen molar-refractivity contribution in [2.75, 3.05) is 5.32 Å². The molecule has 0 bridgehead atoms. The normalized spacial score (nSPS) is 29.1. The van der Waals surface area contributed by atoms with Crippen LogP contribution >= 0.6 is 0 Å². The van der Waals surface area contributed by atoms with Gasteiger partial charge in [0.15, 0.2) is 0 Å². The van der Waals surface area contributed by atoms with Gasteiger partial charge in [-0.1, -0.05) is 0 Å². The standard InChI is InChI=1S/C18H18F2N4O4/c19-18(20)6-11(21)12(7-18)22-8-1-2-9-10(5-8)17(28)24(16(9)27)13-3-4-14(25)23-15(13)26/h1-2,5,11-13,22H,3-4,6-7,21H2,(H,23,25,26)/t11-,12-,13?/m1/s1. The number of benzene rings is 1. The summed E-state index contributed by atoms with van der Waals surface area (Å²) in [5.41, 5.74) is 6.37. The van der Waals surface area contributed by atoms with E-state index in [1.165, 1.54) is 18.2 Å². The van der Waals surface area contributed by atoms with Crippen molar-refractivity contribution in [1.29, 1.82) is 0 Å². The number of carbonyl (C=O) groups is 4. The van der Waals surface area contributed by atoms with Crippen LogP contribution in [-0.4, -0.2) is 52.6 Å². The molecule has 4 amide bonds. The molecule has 1 saturated heterocycles. The molecule has 1 aromatic rings. The molecule has 0 aromatic heterocycles. The maximum atomic E-state index is 13.5. The first-order valence-electron chi connectivity index (χ1n) is 8.92. The Morgan fingerprint density at radius 3 is 2.46 bits per heavy atom. The molecule has 1 aromatic carbocycles. The zero-order valence-electron chi connectivity index (χ0n) is 14.7. The molecule has 10 heteroatoms. The Balaban J connectivity index is 1.56. The molecule has 0 radical (unpaired) electrons. The molecular formula is C18H18F2N4O4. The van der Waals surface area contributed by atoms with Crippen LogP contribution in [0.5, 0.6) is 0 Å². The van der Waals surface area contributed by atoms with Crippen LogP contribution in [0, 0.1) is 0 Å². The van der Waals surface area contributed by atoms with E-state index in [0.717, 1.165) is 4.90 Å². The quantitative estimate of drug-likeness (QED) is 0.649. The van der Waals surface area contributed by atoms with Gasteiger partial charge in [0, 0.05) is 37.0 Å². The van der Waals surface area contributed by atoms with Crippen LogP contribution in [0.1, 0.15) is 46.4 Å². The number of halogens is 2. The van der Waals surface area contributed by atoms with Gasteiger partial charge in [-0.05, 0) is 24.6 Å². The van der Waals surface area contributed by atoms with Gasteiger partial charge in [-0.3, -0.25) is 29.4 Å². The van der Waals surface area contributed by atoms with E-state index in [1.807, 2.05) is 0 Å². The van der Waals surface area contributed by atoms with Gasteiger partial charge < -0.3 is 11.1 Å². The highest BCUT2D eigenvalue weighted by molar-refractivity contribution is 6.23. The van der Waals surface area contributed by atoms with Crippen LogP contribution in [0.25, 0.3) is 0 Å². The minimum atomic E-state index is -2.85. The lowest BCUT2D eigenvalue weighted by Crippen LogP contribution is -2.54. The van der Waals surface area contributed by atoms with E-state index in [1.54, 1.807) is 0 Å². The number of imide groups is 2. The predicted octanol–water partition coefficient (Wildman–Crippen LogP) is 0.625. The first-order chi connectivity index (χ1) is 13.2. The van der Waals surface area contributed by atoms with Crippen molar-refractivity contribution in [3.63, 3.8) is 0 Å². The molecule has 1 unspecified atom stereocenters. The minimum Gasteiger partial charge on any atom is -0.380 e. The molecular weight excluding hydrogens is 374 g/mol. The number of nitrogens with two attached hydrogens (primary N) is 1. The van der Waals surface area contributed by atoms with Crippen molar-refractivity contribution in [2.45, 2.75) is 49.7 Å². The number of alkyl halides is 2. The summed E-state index contributed by atoms with van der Waals surface area (Å²) in [6.07, 6.45) is -0.742. The van der Waals surface area contributed by atoms with Gasteiger partial charge in [-0.15, -0.1) is 0 Å². The highest BCUT2D eigenvalue weighted by Crippen LogP contribution is 2.36. The van der Waals surface area contributed by atoms with E-state index >= 15 is 0 Å². The zero-order valence-corrected chi connectivity index (χ0v) is 14.7. The third kappa shape index (κ3) is 3.03. The number of hydrogen-bond acceptors (Lipinski definition) is 6. The lowest BCUT2D eigenvalue weighted by molar-refractivity contribution is -0.136. The summed E-state index contributed by atoms with van der Waals surface area (Å²) in [5, 5.41) is 5.03. The monoisotopic (exact) mass is 392 g/mol. The molecule has 3 atom stereocenters. The summed E-state index contributed by atoms with van der Waals surface area (Å²) in [4.78, 5) is 49.6. The molecule has 1 aliphatic carbocycles. The van der Waals surface area contributed by atoms with Gasteiger partial charge in [0.1, 0.15) is 6.04 Å². The molecule has 2 aliphatic heterocycles. The number of amides is 4. The fourth-order valence-corrected chi connectivity index (χ4v) is 3.98. The Kier molecular flexibility index (Phi) is 4.18. The molecule has 3 aliphatic rings. The van der Waals surface area contributed by atoms with Crippen LogP contribution in [-0.2, 0) is 9.59 Å². The average molecular weight is 392 g/mol. The van der Waals surface area contributed by atoms with Gasteiger partial charge in [0.25, 0.3) is 17.7 Å². The van der Waals surface area contributed by atoms with Gasteiger partial charge in [0.2, 0.25) is 11.8 Å². The lowest BCUT2D eigenvalue weighted by atomic mass is 10.0. The van der Waals surface area contributed by atoms with Crippen molar-refractivity contribution >= 4 is 29.3 Å². The molecule has 8 nitrogen and oxygen atoms in total. The Labute approximate surface area is 158 Å². The summed E-state index contributed by atoms with van der Waals surface area (Å²) in [7, 11) is 0. The Morgan fingerprint density at radius 1 is 1.11 bits per heavy atom. The fourth-order valence-electron chi connectivity index (χ4n) is 3.98. The first kappa shape index (κ1) is 18.5. The number of piperidine rings is 1. The number of carbonyl (C=O) groups excluding carboxylic acids is 4. The van der Waals surface area contributed by atoms with Crippen molar-refractivity contribution < 1.29 is 28.0 Å². The summed E-state index contributed by atoms with van der Waals surface area (Å²) < 4.78 is 27.0. The van der Waals surface area contributed by atoms with Crippen LogP contribution in [0.3, 0.4) is 0 Å². The fraction of sp³-hybridized carbons (Fsp3) is 0.444. The molecule has 2 fully saturated rings. The molecule has 4 N–H and O–H groups in total. The molecule has 28 heavy (non-hydrogen) atoms. The Morgan fingerprint density at radius 2 is 1.82 bits per heavy atom. The highest BCUT2D eigenvalue weighted by atomic mass is 19.3. The average Bonchev–Trinajstić information content (AvgIpc) is 3.01. The number of rotatable bonds is 3. The van der Waals surface area contributed by atoms with Crippen LogP contribution in [0.15, 0.2) is 18.2 Å². The maximum absolute atomic E-state index is 13.5. The third-order valence-electron chi connectivity index (χ3n) is 5.36. The van der Waals surface area contributed by atoms with Gasteiger partial charge >= 0.3 is 0 Å². The van der Waals surface area contributed by atoms with Gasteiger partial charge in [-0.2, -0.15) is 0 Å². The second-order valence-corrected chi connectivity index (χ2v) is 7.39. The number of nitrogens with zero attached hydrogens (tertiary/aromatic N) is 1. The van der Waals surface area contributed by atoms with E-state index in [4.69, 9.17) is 5.73 Å². The summed E-state index contributed by atoms with van der Waals surface area (Å²) in [5.74, 6) is -5.26. The SMILES string of the molecule is N[C@@H]1CC(F)(F)C[C@H]1Nc1ccc2c(c1)C(=O)N(C1CCC(=O)NC1=O)C2=O. The van der Waals surface area contributed by atoms with Crippen molar-refractivity contribution in [3.8, 4) is 0 Å². The van der Waals surface area contributed by atoms with E-state index in [-0.39, 0.29) is 24.0 Å². The topological polar surface area (TPSA) is 122 Å². The van der Waals surface area contributed by atoms with Crippen molar-refractivity contribution in [1.82, 2.24) is 10.2 Å². The largest absolute Gasteiger partial charge is 0.380 e.